The number of fused-ring (bicyclic) bond motifs is 1. The van der Waals surface area contributed by atoms with Gasteiger partial charge in [0.05, 0.1) is 22.9 Å². The molecule has 1 atom stereocenters. The van der Waals surface area contributed by atoms with E-state index in [4.69, 9.17) is 0 Å². The van der Waals surface area contributed by atoms with Crippen LogP contribution in [0.25, 0.3) is 10.9 Å². The van der Waals surface area contributed by atoms with Crippen LogP contribution >= 0.6 is 11.8 Å². The molecule has 20 heavy (non-hydrogen) atoms. The van der Waals surface area contributed by atoms with Crippen molar-refractivity contribution in [2.45, 2.75) is 44.4 Å². The fourth-order valence-electron chi connectivity index (χ4n) is 2.84. The number of Topliss-reactive ketones (excluding diaryl/α,β-unsaturated/α-hetero) is 1. The lowest BCUT2D eigenvalue weighted by molar-refractivity contribution is -0.118. The van der Waals surface area contributed by atoms with Crippen molar-refractivity contribution < 1.29 is 4.79 Å². The second-order valence-electron chi connectivity index (χ2n) is 5.28. The highest BCUT2D eigenvalue weighted by Crippen LogP contribution is 2.27. The lowest BCUT2D eigenvalue weighted by atomic mass is 10.0. The first kappa shape index (κ1) is 13.7. The molecule has 1 saturated heterocycles. The maximum absolute atomic E-state index is 12.4. The summed E-state index contributed by atoms with van der Waals surface area (Å²) in [5, 5.41) is 5.95. The van der Waals surface area contributed by atoms with Crippen molar-refractivity contribution in [2.24, 2.45) is 0 Å². The quantitative estimate of drug-likeness (QED) is 0.864. The molecule has 0 N–H and O–H groups in total. The zero-order chi connectivity index (χ0) is 13.9. The monoisotopic (exact) mass is 288 g/mol. The van der Waals surface area contributed by atoms with Crippen LogP contribution < -0.4 is 0 Å². The summed E-state index contributed by atoms with van der Waals surface area (Å²) >= 11 is 1.82. The van der Waals surface area contributed by atoms with E-state index in [1.165, 1.54) is 12.8 Å². The lowest BCUT2D eigenvalue weighted by Crippen LogP contribution is -2.22. The van der Waals surface area contributed by atoms with Crippen LogP contribution in [0, 0.1) is 0 Å². The van der Waals surface area contributed by atoms with E-state index >= 15 is 0 Å². The third-order valence-corrected chi connectivity index (χ3v) is 5.34. The number of hydrogen-bond donors (Lipinski definition) is 0. The van der Waals surface area contributed by atoms with Gasteiger partial charge >= 0.3 is 0 Å². The van der Waals surface area contributed by atoms with Gasteiger partial charge in [0, 0.05) is 11.9 Å². The predicted molar refractivity (Wildman–Crippen MR) is 84.2 cm³/mol. The molecule has 0 amide bonds. The summed E-state index contributed by atoms with van der Waals surface area (Å²) in [4.78, 5) is 12.4. The van der Waals surface area contributed by atoms with E-state index in [2.05, 4.69) is 24.2 Å². The molecule has 3 nitrogen and oxygen atoms in total. The summed E-state index contributed by atoms with van der Waals surface area (Å²) in [6.07, 6.45) is 3.95. The van der Waals surface area contributed by atoms with Crippen LogP contribution in [-0.2, 0) is 17.8 Å². The number of para-hydroxylation sites is 1. The molecule has 1 aliphatic heterocycles. The normalized spacial score (nSPS) is 19.4. The fraction of sp³-hybridized carbons (Fsp3) is 0.500. The van der Waals surface area contributed by atoms with Gasteiger partial charge in [0.15, 0.2) is 5.78 Å². The molecule has 1 aromatic heterocycles. The van der Waals surface area contributed by atoms with E-state index in [-0.39, 0.29) is 5.25 Å². The van der Waals surface area contributed by atoms with Gasteiger partial charge in [-0.3, -0.25) is 9.48 Å². The average molecular weight is 288 g/mol. The van der Waals surface area contributed by atoms with Gasteiger partial charge in [0.25, 0.3) is 0 Å². The number of hydrogen-bond acceptors (Lipinski definition) is 3. The van der Waals surface area contributed by atoms with Crippen LogP contribution in [0.4, 0.5) is 0 Å². The molecule has 1 fully saturated rings. The smallest absolute Gasteiger partial charge is 0.151 e. The zero-order valence-corrected chi connectivity index (χ0v) is 12.7. The molecule has 0 bridgehead atoms. The van der Waals surface area contributed by atoms with Gasteiger partial charge in [-0.05, 0) is 31.6 Å². The Morgan fingerprint density at radius 2 is 2.25 bits per heavy atom. The van der Waals surface area contributed by atoms with Crippen molar-refractivity contribution in [3.05, 3.63) is 30.0 Å². The molecule has 106 valence electrons. The Morgan fingerprint density at radius 1 is 1.40 bits per heavy atom. The van der Waals surface area contributed by atoms with Crippen molar-refractivity contribution in [3.63, 3.8) is 0 Å². The van der Waals surface area contributed by atoms with Gasteiger partial charge in [-0.25, -0.2) is 0 Å². The minimum atomic E-state index is 0.189. The van der Waals surface area contributed by atoms with E-state index in [0.29, 0.717) is 12.2 Å². The third-order valence-electron chi connectivity index (χ3n) is 3.91. The van der Waals surface area contributed by atoms with Crippen LogP contribution in [-0.4, -0.2) is 26.6 Å². The summed E-state index contributed by atoms with van der Waals surface area (Å²) < 4.78 is 1.99. The highest BCUT2D eigenvalue weighted by Gasteiger charge is 2.23. The summed E-state index contributed by atoms with van der Waals surface area (Å²) in [7, 11) is 0. The Hall–Kier alpha value is -1.29. The predicted octanol–water partition coefficient (Wildman–Crippen LogP) is 3.45. The van der Waals surface area contributed by atoms with Gasteiger partial charge in [0.2, 0.25) is 0 Å². The van der Waals surface area contributed by atoms with Gasteiger partial charge < -0.3 is 0 Å². The molecule has 0 spiro atoms. The first-order valence-electron chi connectivity index (χ1n) is 7.38. The number of aromatic nitrogens is 2. The minimum Gasteiger partial charge on any atom is -0.298 e. The number of thioether (sulfide) groups is 1. The van der Waals surface area contributed by atoms with E-state index in [1.807, 2.05) is 28.6 Å². The average Bonchev–Trinajstić information content (AvgIpc) is 2.86. The van der Waals surface area contributed by atoms with Crippen molar-refractivity contribution >= 4 is 28.4 Å². The van der Waals surface area contributed by atoms with Crippen LogP contribution in [0.2, 0.25) is 0 Å². The third kappa shape index (κ3) is 2.62. The maximum atomic E-state index is 12.4. The van der Waals surface area contributed by atoms with Crippen molar-refractivity contribution in [3.8, 4) is 0 Å². The highest BCUT2D eigenvalue weighted by atomic mass is 32.2. The van der Waals surface area contributed by atoms with E-state index in [1.54, 1.807) is 0 Å². The summed E-state index contributed by atoms with van der Waals surface area (Å²) in [6.45, 7) is 2.93. The molecule has 0 aliphatic carbocycles. The molecule has 0 saturated carbocycles. The van der Waals surface area contributed by atoms with Crippen molar-refractivity contribution in [2.75, 3.05) is 5.75 Å². The van der Waals surface area contributed by atoms with E-state index < -0.39 is 0 Å². The summed E-state index contributed by atoms with van der Waals surface area (Å²) in [5.74, 6) is 1.47. The van der Waals surface area contributed by atoms with Gasteiger partial charge in [0.1, 0.15) is 0 Å². The Balaban J connectivity index is 1.85. The molecule has 2 aromatic rings. The van der Waals surface area contributed by atoms with Gasteiger partial charge in [-0.15, -0.1) is 0 Å². The lowest BCUT2D eigenvalue weighted by Gasteiger charge is -2.19. The molecule has 0 radical (unpaired) electrons. The zero-order valence-electron chi connectivity index (χ0n) is 11.8. The maximum Gasteiger partial charge on any atom is 0.151 e. The Kier molecular flexibility index (Phi) is 4.10. The second kappa shape index (κ2) is 6.00. The number of carbonyl (C=O) groups is 1. The number of benzene rings is 1. The number of rotatable bonds is 4. The number of carbonyl (C=O) groups excluding carboxylic acids is 1. The topological polar surface area (TPSA) is 34.9 Å². The van der Waals surface area contributed by atoms with Crippen LogP contribution in [0.5, 0.6) is 0 Å². The van der Waals surface area contributed by atoms with Crippen LogP contribution in [0.1, 0.15) is 31.9 Å². The Morgan fingerprint density at radius 3 is 3.00 bits per heavy atom. The molecule has 2 heterocycles. The van der Waals surface area contributed by atoms with Crippen LogP contribution in [0.15, 0.2) is 24.3 Å². The first-order chi connectivity index (χ1) is 9.79. The van der Waals surface area contributed by atoms with Crippen molar-refractivity contribution in [1.29, 1.82) is 0 Å². The SMILES string of the molecule is CCn1nc(CC(=O)C2CCCCS2)c2ccccc21. The fourth-order valence-corrected chi connectivity index (χ4v) is 4.10. The molecule has 1 unspecified atom stereocenters. The number of ketones is 1. The molecular weight excluding hydrogens is 268 g/mol. The van der Waals surface area contributed by atoms with Crippen LogP contribution in [0.3, 0.4) is 0 Å². The highest BCUT2D eigenvalue weighted by molar-refractivity contribution is 8.00. The molecule has 4 heteroatoms. The molecule has 3 rings (SSSR count). The van der Waals surface area contributed by atoms with E-state index in [0.717, 1.165) is 35.3 Å². The number of aryl methyl sites for hydroxylation is 1. The largest absolute Gasteiger partial charge is 0.298 e. The first-order valence-corrected chi connectivity index (χ1v) is 8.43. The molecule has 1 aliphatic rings. The number of nitrogens with zero attached hydrogens (tertiary/aromatic N) is 2. The van der Waals surface area contributed by atoms with Gasteiger partial charge in [-0.2, -0.15) is 16.9 Å². The van der Waals surface area contributed by atoms with E-state index in [9.17, 15) is 4.79 Å². The van der Waals surface area contributed by atoms with Gasteiger partial charge in [-0.1, -0.05) is 24.6 Å². The molecular formula is C16H20N2OS. The van der Waals surface area contributed by atoms with Crippen molar-refractivity contribution in [1.82, 2.24) is 9.78 Å². The second-order valence-corrected chi connectivity index (χ2v) is 6.59. The molecule has 1 aromatic carbocycles. The Bertz CT molecular complexity index is 614. The summed E-state index contributed by atoms with van der Waals surface area (Å²) in [6, 6.07) is 8.20. The summed E-state index contributed by atoms with van der Waals surface area (Å²) in [5.41, 5.74) is 2.08. The standard InChI is InChI=1S/C16H20N2OS/c1-2-18-14-8-4-3-7-12(14)13(17-18)11-15(19)16-9-5-6-10-20-16/h3-4,7-8,16H,2,5-6,9-11H2,1H3. The minimum absolute atomic E-state index is 0.189. The Labute approximate surface area is 123 Å².